The van der Waals surface area contributed by atoms with Gasteiger partial charge in [0.25, 0.3) is 0 Å². The van der Waals surface area contributed by atoms with Crippen molar-refractivity contribution in [1.29, 1.82) is 0 Å². The van der Waals surface area contributed by atoms with E-state index in [0.717, 1.165) is 25.2 Å². The maximum Gasteiger partial charge on any atom is 1.00 e. The van der Waals surface area contributed by atoms with E-state index in [0.29, 0.717) is 10.1 Å². The summed E-state index contributed by atoms with van der Waals surface area (Å²) in [4.78, 5) is 0. The molecule has 0 bridgehead atoms. The van der Waals surface area contributed by atoms with Crippen LogP contribution in [0, 0.1) is 14.4 Å². The number of allylic oxidation sites excluding steroid dienone is 4. The fourth-order valence-electron chi connectivity index (χ4n) is 1.72. The van der Waals surface area contributed by atoms with Gasteiger partial charge in [-0.3, -0.25) is 0 Å². The Bertz CT molecular complexity index is 540. The Morgan fingerprint density at radius 3 is 1.35 bits per heavy atom. The molecule has 2 nitrogen and oxygen atoms in total. The van der Waals surface area contributed by atoms with Gasteiger partial charge in [-0.05, 0) is 76.3 Å². The largest absolute Gasteiger partial charge is 1.00 e. The summed E-state index contributed by atoms with van der Waals surface area (Å²) < 4.78 is 11.9. The molecule has 0 atom stereocenters. The third-order valence-corrected chi connectivity index (χ3v) is 15.3. The third kappa shape index (κ3) is 34.7. The molecule has 0 aliphatic rings. The first-order chi connectivity index (χ1) is 15.2. The van der Waals surface area contributed by atoms with E-state index in [1.807, 2.05) is 20.8 Å². The van der Waals surface area contributed by atoms with Gasteiger partial charge in [-0.2, -0.15) is 6.42 Å². The maximum absolute atomic E-state index is 6.12. The molecule has 0 amide bonds. The van der Waals surface area contributed by atoms with E-state index < -0.39 is 16.6 Å². The molecule has 0 radical (unpaired) electrons. The number of unbranched alkanes of at least 4 members (excludes halogenated alkanes) is 2. The van der Waals surface area contributed by atoms with Gasteiger partial charge in [0.15, 0.2) is 16.6 Å². The summed E-state index contributed by atoms with van der Waals surface area (Å²) in [5, 5.41) is 0.676. The molecule has 214 valence electrons. The Kier molecular flexibility index (Phi) is 41.3. The number of hydrogen-bond donors (Lipinski definition) is 0. The minimum Gasteiger partial charge on any atom is -0.419 e. The molecule has 0 aromatic carbocycles. The predicted molar refractivity (Wildman–Crippen MR) is 172 cm³/mol. The first-order valence-corrected chi connectivity index (χ1v) is 19.0. The van der Waals surface area contributed by atoms with E-state index in [9.17, 15) is 0 Å². The van der Waals surface area contributed by atoms with Crippen LogP contribution in [0.3, 0.4) is 0 Å². The van der Waals surface area contributed by atoms with Gasteiger partial charge in [-0.15, -0.1) is 0 Å². The zero-order valence-electron chi connectivity index (χ0n) is 29.3. The van der Waals surface area contributed by atoms with Crippen molar-refractivity contribution in [3.8, 4) is 0 Å². The summed E-state index contributed by atoms with van der Waals surface area (Å²) in [5.74, 6) is 0. The van der Waals surface area contributed by atoms with Crippen molar-refractivity contribution < 1.29 is 46.6 Å². The van der Waals surface area contributed by atoms with E-state index in [1.54, 1.807) is 6.08 Å². The first-order valence-electron chi connectivity index (χ1n) is 13.2. The molecule has 37 heavy (non-hydrogen) atoms. The summed E-state index contributed by atoms with van der Waals surface area (Å²) >= 11 is 0. The van der Waals surface area contributed by atoms with Gasteiger partial charge in [0.2, 0.25) is 0 Å². The van der Waals surface area contributed by atoms with Crippen molar-refractivity contribution >= 4 is 16.6 Å². The van der Waals surface area contributed by atoms with Gasteiger partial charge in [0.05, 0.1) is 0 Å². The molecular formula is C31H68Li2O2Si2. The second-order valence-electron chi connectivity index (χ2n) is 11.9. The van der Waals surface area contributed by atoms with Crippen LogP contribution >= 0.6 is 0 Å². The van der Waals surface area contributed by atoms with E-state index in [-0.39, 0.29) is 45.1 Å². The smallest absolute Gasteiger partial charge is 0.419 e. The predicted octanol–water partition coefficient (Wildman–Crippen LogP) is 5.61. The summed E-state index contributed by atoms with van der Waals surface area (Å²) in [6, 6.07) is 0. The quantitative estimate of drug-likeness (QED) is 0.117. The van der Waals surface area contributed by atoms with Crippen LogP contribution in [-0.2, 0) is 8.85 Å². The van der Waals surface area contributed by atoms with Gasteiger partial charge >= 0.3 is 37.7 Å². The fraction of sp³-hybridized carbons (Fsp3) is 0.742. The number of hydrogen-bond acceptors (Lipinski definition) is 2. The molecule has 0 saturated heterocycles. The summed E-state index contributed by atoms with van der Waals surface area (Å²) in [6.45, 7) is 45.6. The summed E-state index contributed by atoms with van der Waals surface area (Å²) in [7, 11) is -2.97. The average Bonchev–Trinajstić information content (AvgIpc) is 2.69. The van der Waals surface area contributed by atoms with Crippen LogP contribution in [0.25, 0.3) is 0 Å². The van der Waals surface area contributed by atoms with Crippen molar-refractivity contribution in [2.75, 3.05) is 13.2 Å². The minimum absolute atomic E-state index is 0. The van der Waals surface area contributed by atoms with Crippen molar-refractivity contribution in [2.24, 2.45) is 0 Å². The molecule has 0 fully saturated rings. The fourth-order valence-corrected chi connectivity index (χ4v) is 3.90. The molecular weight excluding hydrogens is 474 g/mol. The topological polar surface area (TPSA) is 18.5 Å². The zero-order valence-corrected chi connectivity index (χ0v) is 31.3. The molecule has 0 aromatic rings. The Morgan fingerprint density at radius 1 is 0.784 bits per heavy atom. The third-order valence-electron chi connectivity index (χ3n) is 6.18. The molecule has 0 unspecified atom stereocenters. The minimum atomic E-state index is -1.50. The van der Waals surface area contributed by atoms with Crippen molar-refractivity contribution in [1.82, 2.24) is 0 Å². The van der Waals surface area contributed by atoms with Crippen LogP contribution in [-0.4, -0.2) is 29.8 Å². The van der Waals surface area contributed by atoms with E-state index >= 15 is 0 Å². The number of rotatable bonds is 10. The maximum atomic E-state index is 6.12. The van der Waals surface area contributed by atoms with Crippen LogP contribution in [0.2, 0.25) is 36.3 Å². The molecule has 6 heteroatoms. The molecule has 0 heterocycles. The second-order valence-corrected chi connectivity index (χ2v) is 21.5. The molecule has 0 aromatic heterocycles. The van der Waals surface area contributed by atoms with Crippen LogP contribution in [0.1, 0.15) is 102 Å². The first kappa shape index (κ1) is 53.9. The van der Waals surface area contributed by atoms with E-state index in [1.165, 1.54) is 24.8 Å². The van der Waals surface area contributed by atoms with Crippen molar-refractivity contribution in [3.63, 3.8) is 0 Å². The average molecular weight is 543 g/mol. The van der Waals surface area contributed by atoms with Crippen LogP contribution in [0.5, 0.6) is 0 Å². The summed E-state index contributed by atoms with van der Waals surface area (Å²) in [6.07, 6.45) is 8.55. The second kappa shape index (κ2) is 28.3. The Morgan fingerprint density at radius 2 is 1.11 bits per heavy atom. The monoisotopic (exact) mass is 543 g/mol. The van der Waals surface area contributed by atoms with Gasteiger partial charge in [-0.25, -0.2) is 0 Å². The van der Waals surface area contributed by atoms with Crippen molar-refractivity contribution in [2.45, 2.75) is 138 Å². The van der Waals surface area contributed by atoms with Gasteiger partial charge < -0.3 is 23.2 Å². The molecule has 0 rings (SSSR count). The Hall–Kier alpha value is 0.769. The van der Waals surface area contributed by atoms with Gasteiger partial charge in [0, 0.05) is 13.2 Å². The molecule has 0 aliphatic heterocycles. The van der Waals surface area contributed by atoms with Crippen molar-refractivity contribution in [3.05, 3.63) is 50.8 Å². The standard InChI is InChI=1S/C14H30OSi.C9H21OSi.C5H8.C2H6.CH3.2Li/c1-13(2)11-9-8-10-12-15-16(6,7)14(3,4)5;1-7-8-10-11(5,6)9(2,3)4;1-4-5(2)3;1-2;;;/h11H,8-10,12H2,1-7H3;1,7-8H2,2-6H3;4H,1-2H2,3H3;1-2H3;1H3;;/q;-1;;;-1;2*+1. The molecule has 0 N–H and O–H groups in total. The van der Waals surface area contributed by atoms with Crippen LogP contribution < -0.4 is 37.7 Å². The van der Waals surface area contributed by atoms with Crippen LogP contribution in [0.15, 0.2) is 36.5 Å². The molecule has 0 saturated carbocycles. The molecule has 0 spiro atoms. The van der Waals surface area contributed by atoms with E-state index in [4.69, 9.17) is 8.85 Å². The SMILES string of the molecule is C=CC(=C)C.CC.CC(C)=CCCCCO[Si](C)(C)C(C)(C)C.[CH2-]CCO[Si](C)(C)C(C)(C)C.[CH3-].[Li+].[Li+]. The van der Waals surface area contributed by atoms with Gasteiger partial charge in [-0.1, -0.05) is 91.8 Å². The Labute approximate surface area is 263 Å². The molecule has 0 aliphatic carbocycles. The zero-order chi connectivity index (χ0) is 28.2. The van der Waals surface area contributed by atoms with Crippen LogP contribution in [0.4, 0.5) is 0 Å². The normalized spacial score (nSPS) is 10.6. The van der Waals surface area contributed by atoms with E-state index in [2.05, 4.69) is 108 Å². The summed E-state index contributed by atoms with van der Waals surface area (Å²) in [5.41, 5.74) is 2.44. The van der Waals surface area contributed by atoms with Gasteiger partial charge in [0.1, 0.15) is 0 Å². The Balaban J connectivity index is -0.0000000751.